The van der Waals surface area contributed by atoms with Crippen molar-refractivity contribution < 1.29 is 27.4 Å². The Kier molecular flexibility index (Phi) is 4.62. The maximum atomic E-state index is 13.4. The van der Waals surface area contributed by atoms with Crippen molar-refractivity contribution >= 4 is 16.0 Å². The van der Waals surface area contributed by atoms with Crippen molar-refractivity contribution in [2.24, 2.45) is 5.14 Å². The molecule has 8 heteroatoms. The molecule has 1 rings (SSSR count). The molecule has 0 fully saturated rings. The average Bonchev–Trinajstić information content (AvgIpc) is 2.24. The number of benzene rings is 1. The van der Waals surface area contributed by atoms with E-state index in [2.05, 4.69) is 0 Å². The largest absolute Gasteiger partial charge is 0.491 e. The first kappa shape index (κ1) is 14.4. The second-order valence-corrected chi connectivity index (χ2v) is 5.04. The van der Waals surface area contributed by atoms with Gasteiger partial charge in [-0.3, -0.25) is 4.79 Å². The molecule has 0 amide bonds. The third-order valence-corrected chi connectivity index (χ3v) is 2.94. The number of primary sulfonamides is 1. The quantitative estimate of drug-likeness (QED) is 0.745. The van der Waals surface area contributed by atoms with Gasteiger partial charge in [0, 0.05) is 6.42 Å². The third-order valence-electron chi connectivity index (χ3n) is 2.02. The summed E-state index contributed by atoms with van der Waals surface area (Å²) in [5, 5.41) is 13.2. The highest BCUT2D eigenvalue weighted by molar-refractivity contribution is 7.89. The normalized spacial score (nSPS) is 11.2. The molecule has 0 radical (unpaired) electrons. The van der Waals surface area contributed by atoms with Crippen LogP contribution in [-0.4, -0.2) is 26.1 Å². The molecule has 1 aromatic carbocycles. The second kappa shape index (κ2) is 5.78. The molecule has 0 heterocycles. The molecule has 6 nitrogen and oxygen atoms in total. The minimum absolute atomic E-state index is 0.0257. The first-order chi connectivity index (χ1) is 8.30. The average molecular weight is 277 g/mol. The van der Waals surface area contributed by atoms with Gasteiger partial charge in [0.15, 0.2) is 11.6 Å². The summed E-state index contributed by atoms with van der Waals surface area (Å²) in [6, 6.07) is 3.00. The van der Waals surface area contributed by atoms with Crippen LogP contribution < -0.4 is 9.88 Å². The Labute approximate surface area is 103 Å². The van der Waals surface area contributed by atoms with Gasteiger partial charge in [0.05, 0.1) is 11.5 Å². The van der Waals surface area contributed by atoms with E-state index in [1.54, 1.807) is 0 Å². The first-order valence-corrected chi connectivity index (χ1v) is 6.52. The number of carbonyl (C=O) groups is 1. The van der Waals surface area contributed by atoms with Gasteiger partial charge in [0.1, 0.15) is 0 Å². The molecule has 1 aromatic rings. The zero-order chi connectivity index (χ0) is 13.8. The van der Waals surface area contributed by atoms with Crippen molar-refractivity contribution in [3.8, 4) is 5.75 Å². The summed E-state index contributed by atoms with van der Waals surface area (Å²) in [6.45, 7) is 0.0257. The van der Waals surface area contributed by atoms with Crippen LogP contribution >= 0.6 is 0 Å². The maximum Gasteiger partial charge on any atom is 0.303 e. The van der Waals surface area contributed by atoms with Crippen molar-refractivity contribution in [3.63, 3.8) is 0 Å². The summed E-state index contributed by atoms with van der Waals surface area (Å²) in [5.74, 6) is -1.98. The predicted molar refractivity (Wildman–Crippen MR) is 60.1 cm³/mol. The van der Waals surface area contributed by atoms with Crippen LogP contribution in [0.3, 0.4) is 0 Å². The number of aliphatic carboxylic acids is 1. The van der Waals surface area contributed by atoms with Crippen molar-refractivity contribution in [1.29, 1.82) is 0 Å². The SMILES string of the molecule is NS(=O)(=O)c1ccc(OCCCC(=O)O)c(F)c1. The van der Waals surface area contributed by atoms with E-state index in [9.17, 15) is 17.6 Å². The molecular weight excluding hydrogens is 265 g/mol. The topological polar surface area (TPSA) is 107 Å². The highest BCUT2D eigenvalue weighted by atomic mass is 32.2. The summed E-state index contributed by atoms with van der Waals surface area (Å²) < 4.78 is 40.3. The van der Waals surface area contributed by atoms with Crippen LogP contribution in [0, 0.1) is 5.82 Å². The number of sulfonamides is 1. The van der Waals surface area contributed by atoms with Crippen molar-refractivity contribution in [2.45, 2.75) is 17.7 Å². The minimum Gasteiger partial charge on any atom is -0.491 e. The Hall–Kier alpha value is -1.67. The van der Waals surface area contributed by atoms with E-state index in [1.165, 1.54) is 0 Å². The van der Waals surface area contributed by atoms with E-state index in [0.29, 0.717) is 0 Å². The molecule has 0 aromatic heterocycles. The molecule has 0 aliphatic heterocycles. The van der Waals surface area contributed by atoms with Crippen molar-refractivity contribution in [1.82, 2.24) is 0 Å². The van der Waals surface area contributed by atoms with E-state index in [1.807, 2.05) is 0 Å². The van der Waals surface area contributed by atoms with Gasteiger partial charge in [0.25, 0.3) is 0 Å². The van der Waals surface area contributed by atoms with Gasteiger partial charge in [-0.25, -0.2) is 17.9 Å². The van der Waals surface area contributed by atoms with Gasteiger partial charge in [-0.15, -0.1) is 0 Å². The number of nitrogens with two attached hydrogens (primary N) is 1. The van der Waals surface area contributed by atoms with Gasteiger partial charge < -0.3 is 9.84 Å². The monoisotopic (exact) mass is 277 g/mol. The van der Waals surface area contributed by atoms with E-state index in [0.717, 1.165) is 18.2 Å². The minimum atomic E-state index is -3.95. The molecule has 18 heavy (non-hydrogen) atoms. The molecule has 0 spiro atoms. The van der Waals surface area contributed by atoms with Gasteiger partial charge in [-0.2, -0.15) is 0 Å². The van der Waals surface area contributed by atoms with Gasteiger partial charge in [-0.05, 0) is 24.6 Å². The van der Waals surface area contributed by atoms with Crippen LogP contribution in [0.25, 0.3) is 0 Å². The first-order valence-electron chi connectivity index (χ1n) is 4.97. The summed E-state index contributed by atoms with van der Waals surface area (Å²) in [4.78, 5) is 9.87. The molecule has 0 atom stereocenters. The molecule has 0 saturated heterocycles. The van der Waals surface area contributed by atoms with Gasteiger partial charge in [0.2, 0.25) is 10.0 Å². The van der Waals surface area contributed by atoms with E-state index < -0.39 is 21.8 Å². The molecule has 0 aliphatic rings. The molecule has 0 bridgehead atoms. The number of carboxylic acid groups (broad SMARTS) is 1. The second-order valence-electron chi connectivity index (χ2n) is 3.48. The summed E-state index contributed by atoms with van der Waals surface area (Å²) in [6.07, 6.45) is 0.141. The van der Waals surface area contributed by atoms with E-state index in [-0.39, 0.29) is 30.1 Å². The van der Waals surface area contributed by atoms with Crippen LogP contribution in [0.1, 0.15) is 12.8 Å². The van der Waals surface area contributed by atoms with E-state index in [4.69, 9.17) is 15.0 Å². The summed E-state index contributed by atoms with van der Waals surface area (Å²) in [5.41, 5.74) is 0. The van der Waals surface area contributed by atoms with Crippen LogP contribution in [0.5, 0.6) is 5.75 Å². The lowest BCUT2D eigenvalue weighted by Crippen LogP contribution is -2.12. The number of ether oxygens (including phenoxy) is 1. The van der Waals surface area contributed by atoms with Crippen molar-refractivity contribution in [2.75, 3.05) is 6.61 Å². The molecule has 3 N–H and O–H groups in total. The lowest BCUT2D eigenvalue weighted by atomic mass is 10.3. The fourth-order valence-electron chi connectivity index (χ4n) is 1.18. The Morgan fingerprint density at radius 2 is 2.11 bits per heavy atom. The predicted octanol–water partition coefficient (Wildman–Crippen LogP) is 0.717. The fraction of sp³-hybridized carbons (Fsp3) is 0.300. The van der Waals surface area contributed by atoms with Crippen LogP contribution in [0.4, 0.5) is 4.39 Å². The van der Waals surface area contributed by atoms with Crippen LogP contribution in [0.15, 0.2) is 23.1 Å². The molecule has 0 saturated carbocycles. The molecule has 0 aliphatic carbocycles. The van der Waals surface area contributed by atoms with Gasteiger partial charge >= 0.3 is 5.97 Å². The fourth-order valence-corrected chi connectivity index (χ4v) is 1.71. The summed E-state index contributed by atoms with van der Waals surface area (Å²) >= 11 is 0. The Morgan fingerprint density at radius 1 is 1.44 bits per heavy atom. The molecule has 0 unspecified atom stereocenters. The standard InChI is InChI=1S/C10H12FNO5S/c11-8-6-7(18(12,15)16)3-4-9(8)17-5-1-2-10(13)14/h3-4,6H,1-2,5H2,(H,13,14)(H2,12,15,16). The summed E-state index contributed by atoms with van der Waals surface area (Å²) in [7, 11) is -3.95. The van der Waals surface area contributed by atoms with Crippen LogP contribution in [-0.2, 0) is 14.8 Å². The number of rotatable bonds is 6. The Balaban J connectivity index is 2.66. The number of hydrogen-bond donors (Lipinski definition) is 2. The lowest BCUT2D eigenvalue weighted by molar-refractivity contribution is -0.137. The number of halogens is 1. The Bertz CT molecular complexity index is 543. The van der Waals surface area contributed by atoms with E-state index >= 15 is 0 Å². The van der Waals surface area contributed by atoms with Crippen molar-refractivity contribution in [3.05, 3.63) is 24.0 Å². The zero-order valence-electron chi connectivity index (χ0n) is 9.30. The zero-order valence-corrected chi connectivity index (χ0v) is 10.1. The lowest BCUT2D eigenvalue weighted by Gasteiger charge is -2.07. The maximum absolute atomic E-state index is 13.4. The van der Waals surface area contributed by atoms with Gasteiger partial charge in [-0.1, -0.05) is 0 Å². The Morgan fingerprint density at radius 3 is 2.61 bits per heavy atom. The highest BCUT2D eigenvalue weighted by Crippen LogP contribution is 2.20. The smallest absolute Gasteiger partial charge is 0.303 e. The van der Waals surface area contributed by atoms with Crippen LogP contribution in [0.2, 0.25) is 0 Å². The molecular formula is C10H12FNO5S. The number of carboxylic acids is 1. The highest BCUT2D eigenvalue weighted by Gasteiger charge is 2.12. The molecule has 100 valence electrons. The third kappa shape index (κ3) is 4.30. The number of hydrogen-bond acceptors (Lipinski definition) is 4.